The molecule has 2 fully saturated rings. The predicted octanol–water partition coefficient (Wildman–Crippen LogP) is 2.42. The van der Waals surface area contributed by atoms with Crippen molar-refractivity contribution in [2.24, 2.45) is 5.92 Å². The highest BCUT2D eigenvalue weighted by Crippen LogP contribution is 2.29. The van der Waals surface area contributed by atoms with E-state index in [1.807, 2.05) is 29.2 Å². The van der Waals surface area contributed by atoms with Crippen LogP contribution in [0.15, 0.2) is 30.6 Å². The number of carbonyl (C=O) groups excluding carboxylic acids is 1. The summed E-state index contributed by atoms with van der Waals surface area (Å²) in [4.78, 5) is 25.1. The Bertz CT molecular complexity index is 739. The van der Waals surface area contributed by atoms with Crippen LogP contribution in [-0.4, -0.2) is 53.1 Å². The monoisotopic (exact) mass is 328 g/mol. The van der Waals surface area contributed by atoms with Crippen molar-refractivity contribution in [2.75, 3.05) is 31.2 Å². The van der Waals surface area contributed by atoms with Crippen LogP contribution in [0.3, 0.4) is 0 Å². The molecule has 0 bridgehead atoms. The molecule has 6 heteroatoms. The molecule has 126 valence electrons. The van der Waals surface area contributed by atoms with Crippen LogP contribution in [0.2, 0.25) is 0 Å². The van der Waals surface area contributed by atoms with Crippen LogP contribution in [-0.2, 0) is 4.79 Å². The number of benzene rings is 1. The third-order valence-corrected chi connectivity index (χ3v) is 5.18. The smallest absolute Gasteiger partial charge is 0.223 e. The molecule has 0 N–H and O–H groups in total. The summed E-state index contributed by atoms with van der Waals surface area (Å²) in [6, 6.07) is 8.26. The zero-order valence-electron chi connectivity index (χ0n) is 13.6. The quantitative estimate of drug-likeness (QED) is 0.868. The number of likely N-dealkylation sites (tertiary alicyclic amines) is 1. The minimum atomic E-state index is -0.395. The first-order valence-electron chi connectivity index (χ1n) is 8.56. The van der Waals surface area contributed by atoms with E-state index in [1.54, 1.807) is 6.33 Å². The maximum atomic E-state index is 12.8. The van der Waals surface area contributed by atoms with Gasteiger partial charge >= 0.3 is 0 Å². The van der Waals surface area contributed by atoms with E-state index < -0.39 is 6.67 Å². The van der Waals surface area contributed by atoms with E-state index in [1.165, 1.54) is 0 Å². The second kappa shape index (κ2) is 6.34. The molecule has 3 heterocycles. The van der Waals surface area contributed by atoms with Gasteiger partial charge in [0, 0.05) is 43.4 Å². The zero-order valence-corrected chi connectivity index (χ0v) is 13.6. The van der Waals surface area contributed by atoms with Crippen molar-refractivity contribution in [3.63, 3.8) is 0 Å². The number of rotatable bonds is 3. The van der Waals surface area contributed by atoms with Gasteiger partial charge in [-0.3, -0.25) is 9.18 Å². The van der Waals surface area contributed by atoms with Gasteiger partial charge in [0.05, 0.1) is 12.2 Å². The molecule has 4 rings (SSSR count). The highest BCUT2D eigenvalue weighted by Gasteiger charge is 2.36. The number of hydrogen-bond donors (Lipinski definition) is 0. The van der Waals surface area contributed by atoms with Gasteiger partial charge < -0.3 is 9.80 Å². The number of piperidine rings is 1. The molecule has 1 aromatic heterocycles. The average Bonchev–Trinajstić information content (AvgIpc) is 3.02. The van der Waals surface area contributed by atoms with E-state index in [0.717, 1.165) is 42.7 Å². The van der Waals surface area contributed by atoms with E-state index in [4.69, 9.17) is 0 Å². The molecule has 5 nitrogen and oxygen atoms in total. The Kier molecular flexibility index (Phi) is 4.04. The Hall–Kier alpha value is -2.24. The lowest BCUT2D eigenvalue weighted by Crippen LogP contribution is -2.46. The molecule has 2 aromatic rings. The second-order valence-electron chi connectivity index (χ2n) is 6.70. The van der Waals surface area contributed by atoms with Crippen LogP contribution in [0.5, 0.6) is 0 Å². The van der Waals surface area contributed by atoms with E-state index in [2.05, 4.69) is 14.9 Å². The van der Waals surface area contributed by atoms with Crippen molar-refractivity contribution in [1.82, 2.24) is 14.9 Å². The van der Waals surface area contributed by atoms with Crippen molar-refractivity contribution in [1.29, 1.82) is 0 Å². The van der Waals surface area contributed by atoms with Crippen LogP contribution < -0.4 is 4.90 Å². The minimum Gasteiger partial charge on any atom is -0.356 e. The van der Waals surface area contributed by atoms with Crippen molar-refractivity contribution < 1.29 is 9.18 Å². The van der Waals surface area contributed by atoms with Gasteiger partial charge in [-0.2, -0.15) is 0 Å². The number of para-hydroxylation sites is 1. The lowest BCUT2D eigenvalue weighted by atomic mass is 10.0. The molecule has 1 amide bonds. The predicted molar refractivity (Wildman–Crippen MR) is 90.6 cm³/mol. The number of alkyl halides is 1. The molecule has 2 saturated heterocycles. The number of hydrogen-bond acceptors (Lipinski definition) is 4. The fourth-order valence-corrected chi connectivity index (χ4v) is 3.90. The molecular formula is C18H21FN4O. The first kappa shape index (κ1) is 15.3. The Morgan fingerprint density at radius 2 is 1.96 bits per heavy atom. The summed E-state index contributed by atoms with van der Waals surface area (Å²) in [5, 5.41) is 1.06. The van der Waals surface area contributed by atoms with Gasteiger partial charge in [0.25, 0.3) is 0 Å². The largest absolute Gasteiger partial charge is 0.356 e. The van der Waals surface area contributed by atoms with Gasteiger partial charge in [0.1, 0.15) is 12.1 Å². The Morgan fingerprint density at radius 1 is 1.17 bits per heavy atom. The minimum absolute atomic E-state index is 0.110. The van der Waals surface area contributed by atoms with Gasteiger partial charge in [-0.25, -0.2) is 9.97 Å². The van der Waals surface area contributed by atoms with Crippen molar-refractivity contribution in [3.8, 4) is 0 Å². The summed E-state index contributed by atoms with van der Waals surface area (Å²) in [6.07, 6.45) is 3.79. The maximum absolute atomic E-state index is 12.8. The van der Waals surface area contributed by atoms with E-state index in [0.29, 0.717) is 13.0 Å². The molecule has 0 spiro atoms. The summed E-state index contributed by atoms with van der Waals surface area (Å²) < 4.78 is 12.8. The molecule has 2 aliphatic heterocycles. The Labute approximate surface area is 140 Å². The van der Waals surface area contributed by atoms with Crippen LogP contribution in [0.4, 0.5) is 10.2 Å². The normalized spacial score (nSPS) is 22.5. The van der Waals surface area contributed by atoms with E-state index in [9.17, 15) is 9.18 Å². The van der Waals surface area contributed by atoms with Gasteiger partial charge in [-0.05, 0) is 25.0 Å². The van der Waals surface area contributed by atoms with Gasteiger partial charge in [0.15, 0.2) is 0 Å². The number of anilines is 1. The zero-order chi connectivity index (χ0) is 16.5. The third-order valence-electron chi connectivity index (χ3n) is 5.18. The molecule has 1 atom stereocenters. The van der Waals surface area contributed by atoms with E-state index in [-0.39, 0.29) is 17.9 Å². The second-order valence-corrected chi connectivity index (χ2v) is 6.70. The standard InChI is InChI=1S/C18H21FN4O/c19-10-13-9-17(24)23(11-13)14-5-7-22(8-6-14)18-15-3-1-2-4-16(15)20-12-21-18/h1-4,12-14H,5-11H2. The number of amides is 1. The number of nitrogens with zero attached hydrogens (tertiary/aromatic N) is 4. The van der Waals surface area contributed by atoms with Crippen molar-refractivity contribution in [2.45, 2.75) is 25.3 Å². The van der Waals surface area contributed by atoms with Crippen molar-refractivity contribution in [3.05, 3.63) is 30.6 Å². The molecule has 24 heavy (non-hydrogen) atoms. The number of halogens is 1. The maximum Gasteiger partial charge on any atom is 0.223 e. The Balaban J connectivity index is 1.47. The summed E-state index contributed by atoms with van der Waals surface area (Å²) in [7, 11) is 0. The molecular weight excluding hydrogens is 307 g/mol. The average molecular weight is 328 g/mol. The van der Waals surface area contributed by atoms with Gasteiger partial charge in [-0.1, -0.05) is 12.1 Å². The number of fused-ring (bicyclic) bond motifs is 1. The van der Waals surface area contributed by atoms with Crippen LogP contribution in [0.1, 0.15) is 19.3 Å². The van der Waals surface area contributed by atoms with Gasteiger partial charge in [-0.15, -0.1) is 0 Å². The number of aromatic nitrogens is 2. The topological polar surface area (TPSA) is 49.3 Å². The summed E-state index contributed by atoms with van der Waals surface area (Å²) in [5.41, 5.74) is 0.949. The Morgan fingerprint density at radius 3 is 2.71 bits per heavy atom. The first-order valence-corrected chi connectivity index (χ1v) is 8.56. The number of carbonyl (C=O) groups is 1. The molecule has 1 aromatic carbocycles. The highest BCUT2D eigenvalue weighted by atomic mass is 19.1. The molecule has 1 unspecified atom stereocenters. The SMILES string of the molecule is O=C1CC(CF)CN1C1CCN(c2ncnc3ccccc23)CC1. The lowest BCUT2D eigenvalue weighted by molar-refractivity contribution is -0.130. The van der Waals surface area contributed by atoms with Gasteiger partial charge in [0.2, 0.25) is 5.91 Å². The summed E-state index contributed by atoms with van der Waals surface area (Å²) >= 11 is 0. The highest BCUT2D eigenvalue weighted by molar-refractivity contribution is 5.89. The van der Waals surface area contributed by atoms with Crippen LogP contribution in [0, 0.1) is 5.92 Å². The molecule has 0 aliphatic carbocycles. The fraction of sp³-hybridized carbons (Fsp3) is 0.500. The molecule has 0 saturated carbocycles. The molecule has 0 radical (unpaired) electrons. The van der Waals surface area contributed by atoms with Crippen LogP contribution >= 0.6 is 0 Å². The van der Waals surface area contributed by atoms with Crippen LogP contribution in [0.25, 0.3) is 10.9 Å². The lowest BCUT2D eigenvalue weighted by Gasteiger charge is -2.37. The third kappa shape index (κ3) is 2.70. The summed E-state index contributed by atoms with van der Waals surface area (Å²) in [5.74, 6) is 0.971. The van der Waals surface area contributed by atoms with E-state index >= 15 is 0 Å². The summed E-state index contributed by atoms with van der Waals surface area (Å²) in [6.45, 7) is 1.90. The van der Waals surface area contributed by atoms with Crippen molar-refractivity contribution >= 4 is 22.6 Å². The first-order chi connectivity index (χ1) is 11.8. The molecule has 2 aliphatic rings. The fourth-order valence-electron chi connectivity index (χ4n) is 3.90.